The number of benzene rings is 2. The summed E-state index contributed by atoms with van der Waals surface area (Å²) in [6.45, 7) is 1.58. The Bertz CT molecular complexity index is 466. The van der Waals surface area contributed by atoms with E-state index in [1.165, 1.54) is 11.1 Å². The number of rotatable bonds is 4. The zero-order chi connectivity index (χ0) is 12.8. The topological polar surface area (TPSA) is 3.24 Å². The van der Waals surface area contributed by atoms with Crippen molar-refractivity contribution in [2.45, 2.75) is 13.1 Å². The number of nitrogens with zero attached hydrogens (tertiary/aromatic N) is 1. The van der Waals surface area contributed by atoms with Crippen molar-refractivity contribution in [1.29, 1.82) is 0 Å². The first-order valence-electron chi connectivity index (χ1n) is 5.81. The van der Waals surface area contributed by atoms with Crippen molar-refractivity contribution in [3.63, 3.8) is 0 Å². The van der Waals surface area contributed by atoms with Gasteiger partial charge < -0.3 is 6.33 Å². The van der Waals surface area contributed by atoms with Crippen molar-refractivity contribution in [1.82, 2.24) is 4.90 Å². The van der Waals surface area contributed by atoms with Crippen molar-refractivity contribution in [3.05, 3.63) is 71.8 Å². The van der Waals surface area contributed by atoms with Crippen LogP contribution in [0.25, 0.3) is 0 Å². The van der Waals surface area contributed by atoms with E-state index in [9.17, 15) is 0 Å². The maximum Gasteiger partial charge on any atom is 1.00 e. The van der Waals surface area contributed by atoms with E-state index < -0.39 is 0 Å². The minimum absolute atomic E-state index is 0. The van der Waals surface area contributed by atoms with Crippen LogP contribution in [0, 0.1) is 0 Å². The van der Waals surface area contributed by atoms with Gasteiger partial charge in [0.15, 0.2) is 0 Å². The summed E-state index contributed by atoms with van der Waals surface area (Å²) in [4.78, 5) is 2.09. The van der Waals surface area contributed by atoms with Crippen molar-refractivity contribution in [2.24, 2.45) is 0 Å². The third kappa shape index (κ3) is 5.67. The fourth-order valence-corrected chi connectivity index (χ4v) is 2.07. The number of thiol groups is 1. The molecule has 4 heteroatoms. The predicted octanol–water partition coefficient (Wildman–Crippen LogP) is 1.02. The normalized spacial score (nSPS) is 9.53. The first-order valence-corrected chi connectivity index (χ1v) is 6.67. The summed E-state index contributed by atoms with van der Waals surface area (Å²) in [5.74, 6) is 0. The molecule has 0 N–H and O–H groups in total. The van der Waals surface area contributed by atoms with E-state index in [4.69, 9.17) is 12.2 Å². The summed E-state index contributed by atoms with van der Waals surface area (Å²) in [6.07, 6.45) is 0. The molecule has 0 aromatic heterocycles. The SMILES string of the molecule is S=C(S)N(Cc1ccccc1)Cc1ccccc1.[H-].[Na+]. The van der Waals surface area contributed by atoms with E-state index in [1.54, 1.807) is 0 Å². The molecule has 0 atom stereocenters. The van der Waals surface area contributed by atoms with Gasteiger partial charge in [0.2, 0.25) is 0 Å². The molecule has 0 bridgehead atoms. The second-order valence-corrected chi connectivity index (χ2v) is 5.22. The maximum atomic E-state index is 5.21. The standard InChI is InChI=1S/C15H15NS2.Na.H/c17-15(18)16(11-13-7-3-1-4-8-13)12-14-9-5-2-6-10-14;;/h1-10H,11-12H2,(H,17,18);;/q;+1;-1. The van der Waals surface area contributed by atoms with Gasteiger partial charge in [-0.05, 0) is 11.1 Å². The molecule has 2 aromatic carbocycles. The van der Waals surface area contributed by atoms with Crippen molar-refractivity contribution < 1.29 is 31.0 Å². The van der Waals surface area contributed by atoms with E-state index in [0.29, 0.717) is 4.32 Å². The molecule has 0 saturated heterocycles. The molecule has 0 amide bonds. The van der Waals surface area contributed by atoms with Crippen molar-refractivity contribution in [2.75, 3.05) is 0 Å². The van der Waals surface area contributed by atoms with Gasteiger partial charge in [-0.15, -0.1) is 12.6 Å². The Balaban J connectivity index is 0.00000180. The van der Waals surface area contributed by atoms with Crippen LogP contribution in [0.4, 0.5) is 0 Å². The molecule has 0 radical (unpaired) electrons. The van der Waals surface area contributed by atoms with E-state index in [0.717, 1.165) is 13.1 Å². The fraction of sp³-hybridized carbons (Fsp3) is 0.133. The second-order valence-electron chi connectivity index (χ2n) is 4.11. The molecule has 2 aromatic rings. The molecule has 2 rings (SSSR count). The van der Waals surface area contributed by atoms with Crippen LogP contribution in [0.1, 0.15) is 12.6 Å². The summed E-state index contributed by atoms with van der Waals surface area (Å²) < 4.78 is 0.628. The first kappa shape index (κ1) is 16.7. The zero-order valence-corrected chi connectivity index (χ0v) is 14.7. The van der Waals surface area contributed by atoms with E-state index in [2.05, 4.69) is 41.8 Å². The summed E-state index contributed by atoms with van der Waals surface area (Å²) in [6, 6.07) is 20.6. The molecule has 94 valence electrons. The van der Waals surface area contributed by atoms with Gasteiger partial charge in [0, 0.05) is 13.1 Å². The van der Waals surface area contributed by atoms with Gasteiger partial charge in [-0.2, -0.15) is 0 Å². The predicted molar refractivity (Wildman–Crippen MR) is 84.8 cm³/mol. The summed E-state index contributed by atoms with van der Waals surface area (Å²) in [5, 5.41) is 0. The van der Waals surface area contributed by atoms with Gasteiger partial charge in [-0.25, -0.2) is 0 Å². The smallest absolute Gasteiger partial charge is 1.00 e. The van der Waals surface area contributed by atoms with Gasteiger partial charge in [-0.3, -0.25) is 0 Å². The van der Waals surface area contributed by atoms with Gasteiger partial charge in [0.05, 0.1) is 0 Å². The molecular formula is C15H16NNaS2. The van der Waals surface area contributed by atoms with Crippen LogP contribution in [-0.4, -0.2) is 9.22 Å². The Morgan fingerprint density at radius 3 is 1.58 bits per heavy atom. The second kappa shape index (κ2) is 8.77. The summed E-state index contributed by atoms with van der Waals surface area (Å²) in [7, 11) is 0. The third-order valence-electron chi connectivity index (χ3n) is 2.70. The molecular weight excluding hydrogens is 281 g/mol. The van der Waals surface area contributed by atoms with Gasteiger partial charge >= 0.3 is 29.6 Å². The Morgan fingerprint density at radius 1 is 0.895 bits per heavy atom. The molecule has 0 aliphatic rings. The maximum absolute atomic E-state index is 5.21. The Morgan fingerprint density at radius 2 is 1.26 bits per heavy atom. The molecule has 0 heterocycles. The Hall–Kier alpha value is -0.320. The fourth-order valence-electron chi connectivity index (χ4n) is 1.80. The van der Waals surface area contributed by atoms with Gasteiger partial charge in [0.1, 0.15) is 4.32 Å². The number of thiocarbonyl (C=S) groups is 1. The van der Waals surface area contributed by atoms with Crippen LogP contribution >= 0.6 is 24.8 Å². The summed E-state index contributed by atoms with van der Waals surface area (Å²) in [5.41, 5.74) is 2.48. The van der Waals surface area contributed by atoms with E-state index in [-0.39, 0.29) is 31.0 Å². The average molecular weight is 297 g/mol. The monoisotopic (exact) mass is 297 g/mol. The Labute approximate surface area is 149 Å². The molecule has 19 heavy (non-hydrogen) atoms. The minimum Gasteiger partial charge on any atom is -1.00 e. The molecule has 0 aliphatic carbocycles. The third-order valence-corrected chi connectivity index (χ3v) is 3.24. The van der Waals surface area contributed by atoms with Gasteiger partial charge in [-0.1, -0.05) is 72.9 Å². The number of hydrogen-bond donors (Lipinski definition) is 1. The van der Waals surface area contributed by atoms with E-state index >= 15 is 0 Å². The van der Waals surface area contributed by atoms with Crippen LogP contribution in [0.2, 0.25) is 0 Å². The van der Waals surface area contributed by atoms with Crippen LogP contribution in [-0.2, 0) is 13.1 Å². The molecule has 0 spiro atoms. The zero-order valence-electron chi connectivity index (χ0n) is 12.0. The minimum atomic E-state index is 0. The molecule has 0 aliphatic heterocycles. The van der Waals surface area contributed by atoms with Gasteiger partial charge in [0.25, 0.3) is 0 Å². The molecule has 0 unspecified atom stereocenters. The van der Waals surface area contributed by atoms with Crippen molar-refractivity contribution >= 4 is 29.2 Å². The largest absolute Gasteiger partial charge is 1.00 e. The molecule has 0 fully saturated rings. The average Bonchev–Trinajstić information content (AvgIpc) is 2.40. The first-order chi connectivity index (χ1) is 8.75. The van der Waals surface area contributed by atoms with E-state index in [1.807, 2.05) is 36.4 Å². The van der Waals surface area contributed by atoms with Crippen LogP contribution in [0.3, 0.4) is 0 Å². The quantitative estimate of drug-likeness (QED) is 0.510. The molecule has 1 nitrogen and oxygen atoms in total. The van der Waals surface area contributed by atoms with Crippen molar-refractivity contribution in [3.8, 4) is 0 Å². The molecule has 0 saturated carbocycles. The Kier molecular flexibility index (Phi) is 7.73. The van der Waals surface area contributed by atoms with Crippen LogP contribution in [0.15, 0.2) is 60.7 Å². The van der Waals surface area contributed by atoms with Crippen LogP contribution in [0.5, 0.6) is 0 Å². The number of hydrogen-bond acceptors (Lipinski definition) is 1. The van der Waals surface area contributed by atoms with Crippen LogP contribution < -0.4 is 29.6 Å². The summed E-state index contributed by atoms with van der Waals surface area (Å²) >= 11 is 9.52.